The molecule has 0 bridgehead atoms. The van der Waals surface area contributed by atoms with E-state index < -0.39 is 18.0 Å². The van der Waals surface area contributed by atoms with Crippen LogP contribution in [0.5, 0.6) is 0 Å². The Bertz CT molecular complexity index is 838. The summed E-state index contributed by atoms with van der Waals surface area (Å²) in [6.07, 6.45) is -0.983. The minimum atomic E-state index is -0.983. The topological polar surface area (TPSA) is 85.5 Å². The van der Waals surface area contributed by atoms with Crippen LogP contribution in [0.25, 0.3) is 0 Å². The predicted molar refractivity (Wildman–Crippen MR) is 96.9 cm³/mol. The van der Waals surface area contributed by atoms with Crippen LogP contribution in [0.4, 0.5) is 0 Å². The highest BCUT2D eigenvalue weighted by Gasteiger charge is 2.27. The van der Waals surface area contributed by atoms with Gasteiger partial charge in [-0.3, -0.25) is 4.79 Å². The Morgan fingerprint density at radius 2 is 1.73 bits per heavy atom. The number of benzene rings is 1. The van der Waals surface area contributed by atoms with Crippen LogP contribution in [0.15, 0.2) is 24.3 Å². The number of aromatic amines is 1. The molecule has 0 unspecified atom stereocenters. The van der Waals surface area contributed by atoms with Crippen LogP contribution in [0, 0.1) is 13.8 Å². The zero-order valence-electron chi connectivity index (χ0n) is 15.0. The second-order valence-corrected chi connectivity index (χ2v) is 6.20. The van der Waals surface area contributed by atoms with E-state index in [1.165, 1.54) is 6.92 Å². The van der Waals surface area contributed by atoms with E-state index in [0.717, 1.165) is 0 Å². The summed E-state index contributed by atoms with van der Waals surface area (Å²) in [7, 11) is 0. The van der Waals surface area contributed by atoms with Gasteiger partial charge in [0.25, 0.3) is 0 Å². The van der Waals surface area contributed by atoms with E-state index >= 15 is 0 Å². The van der Waals surface area contributed by atoms with Crippen LogP contribution in [-0.2, 0) is 9.47 Å². The molecular weight excluding hydrogens is 358 g/mol. The van der Waals surface area contributed by atoms with Gasteiger partial charge in [-0.1, -0.05) is 11.6 Å². The van der Waals surface area contributed by atoms with Crippen LogP contribution >= 0.6 is 11.6 Å². The molecule has 0 aliphatic heterocycles. The van der Waals surface area contributed by atoms with Crippen LogP contribution in [0.3, 0.4) is 0 Å². The van der Waals surface area contributed by atoms with E-state index in [9.17, 15) is 14.4 Å². The smallest absolute Gasteiger partial charge is 0.355 e. The summed E-state index contributed by atoms with van der Waals surface area (Å²) in [6.45, 7) is 6.69. The molecule has 0 aliphatic rings. The van der Waals surface area contributed by atoms with Crippen molar-refractivity contribution in [1.29, 1.82) is 0 Å². The maximum Gasteiger partial charge on any atom is 0.355 e. The number of carbonyl (C=O) groups is 3. The molecule has 0 saturated heterocycles. The Labute approximate surface area is 156 Å². The van der Waals surface area contributed by atoms with E-state index in [0.29, 0.717) is 21.8 Å². The molecule has 1 heterocycles. The van der Waals surface area contributed by atoms with E-state index in [1.807, 2.05) is 0 Å². The number of carbonyl (C=O) groups excluding carboxylic acids is 3. The molecule has 0 amide bonds. The molecule has 0 fully saturated rings. The normalized spacial score (nSPS) is 11.7. The third kappa shape index (κ3) is 4.14. The first-order valence-electron chi connectivity index (χ1n) is 8.13. The summed E-state index contributed by atoms with van der Waals surface area (Å²) in [4.78, 5) is 39.7. The maximum atomic E-state index is 12.5. The zero-order valence-corrected chi connectivity index (χ0v) is 15.8. The van der Waals surface area contributed by atoms with Gasteiger partial charge < -0.3 is 14.5 Å². The third-order valence-corrected chi connectivity index (χ3v) is 4.15. The molecule has 2 aromatic rings. The van der Waals surface area contributed by atoms with Crippen molar-refractivity contribution >= 4 is 29.3 Å². The summed E-state index contributed by atoms with van der Waals surface area (Å²) in [5, 5.41) is 0.510. The molecular formula is C19H20ClNO5. The van der Waals surface area contributed by atoms with Gasteiger partial charge in [-0.05, 0) is 57.5 Å². The fraction of sp³-hybridized carbons (Fsp3) is 0.316. The molecule has 1 atom stereocenters. The molecule has 0 aliphatic carbocycles. The molecule has 1 N–H and O–H groups in total. The van der Waals surface area contributed by atoms with Gasteiger partial charge in [0.05, 0.1) is 12.2 Å². The van der Waals surface area contributed by atoms with Crippen LogP contribution in [0.1, 0.15) is 56.3 Å². The van der Waals surface area contributed by atoms with Gasteiger partial charge in [0, 0.05) is 16.3 Å². The van der Waals surface area contributed by atoms with Crippen molar-refractivity contribution in [3.8, 4) is 0 Å². The van der Waals surface area contributed by atoms with Crippen molar-refractivity contribution in [2.24, 2.45) is 0 Å². The molecule has 0 radical (unpaired) electrons. The summed E-state index contributed by atoms with van der Waals surface area (Å²) < 4.78 is 10.3. The minimum absolute atomic E-state index is 0.202. The number of rotatable bonds is 6. The molecule has 7 heteroatoms. The Morgan fingerprint density at radius 1 is 1.12 bits per heavy atom. The summed E-state index contributed by atoms with van der Waals surface area (Å²) in [5.41, 5.74) is 1.72. The number of H-pyrrole nitrogens is 1. The monoisotopic (exact) mass is 377 g/mol. The van der Waals surface area contributed by atoms with E-state index in [1.54, 1.807) is 45.0 Å². The fourth-order valence-corrected chi connectivity index (χ4v) is 2.71. The highest BCUT2D eigenvalue weighted by Crippen LogP contribution is 2.21. The van der Waals surface area contributed by atoms with Gasteiger partial charge in [0.15, 0.2) is 6.10 Å². The third-order valence-electron chi connectivity index (χ3n) is 3.90. The summed E-state index contributed by atoms with van der Waals surface area (Å²) in [6, 6.07) is 6.33. The van der Waals surface area contributed by atoms with Crippen molar-refractivity contribution in [2.45, 2.75) is 33.8 Å². The van der Waals surface area contributed by atoms with E-state index in [2.05, 4.69) is 4.98 Å². The van der Waals surface area contributed by atoms with E-state index in [-0.39, 0.29) is 23.6 Å². The standard InChI is InChI=1S/C19H20ClNO5/c1-5-25-19(24)16-10(2)15(11(3)21-16)18(23)26-12(4)17(22)13-6-8-14(20)9-7-13/h6-9,12,21H,5H2,1-4H3/t12-/m0/s1. The Morgan fingerprint density at radius 3 is 2.31 bits per heavy atom. The second-order valence-electron chi connectivity index (χ2n) is 5.76. The number of ketones is 1. The second kappa shape index (κ2) is 8.19. The van der Waals surface area contributed by atoms with Gasteiger partial charge in [0.2, 0.25) is 5.78 Å². The molecule has 26 heavy (non-hydrogen) atoms. The number of Topliss-reactive ketones (excluding diaryl/α,β-unsaturated/α-hetero) is 1. The Hall–Kier alpha value is -2.60. The lowest BCUT2D eigenvalue weighted by molar-refractivity contribution is 0.0317. The molecule has 6 nitrogen and oxygen atoms in total. The number of hydrogen-bond acceptors (Lipinski definition) is 5. The first-order valence-corrected chi connectivity index (χ1v) is 8.51. The first-order chi connectivity index (χ1) is 12.3. The van der Waals surface area contributed by atoms with Gasteiger partial charge in [-0.15, -0.1) is 0 Å². The van der Waals surface area contributed by atoms with Crippen molar-refractivity contribution in [1.82, 2.24) is 4.98 Å². The van der Waals surface area contributed by atoms with Crippen molar-refractivity contribution in [3.05, 3.63) is 57.4 Å². The number of esters is 2. The SMILES string of the molecule is CCOC(=O)c1[nH]c(C)c(C(=O)O[C@@H](C)C(=O)c2ccc(Cl)cc2)c1C. The predicted octanol–water partition coefficient (Wildman–Crippen LogP) is 3.89. The van der Waals surface area contributed by atoms with Gasteiger partial charge in [-0.2, -0.15) is 0 Å². The molecule has 0 spiro atoms. The van der Waals surface area contributed by atoms with Gasteiger partial charge >= 0.3 is 11.9 Å². The van der Waals surface area contributed by atoms with Crippen LogP contribution in [-0.4, -0.2) is 35.4 Å². The lowest BCUT2D eigenvalue weighted by Crippen LogP contribution is -2.25. The quantitative estimate of drug-likeness (QED) is 0.609. The molecule has 1 aromatic heterocycles. The average molecular weight is 378 g/mol. The Kier molecular flexibility index (Phi) is 6.21. The zero-order chi connectivity index (χ0) is 19.4. The number of aryl methyl sites for hydroxylation is 1. The van der Waals surface area contributed by atoms with Crippen LogP contribution < -0.4 is 0 Å². The number of nitrogens with one attached hydrogen (secondary N) is 1. The lowest BCUT2D eigenvalue weighted by Gasteiger charge is -2.13. The number of aromatic nitrogens is 1. The number of hydrogen-bond donors (Lipinski definition) is 1. The van der Waals surface area contributed by atoms with Gasteiger partial charge in [0.1, 0.15) is 5.69 Å². The highest BCUT2D eigenvalue weighted by atomic mass is 35.5. The largest absolute Gasteiger partial charge is 0.461 e. The van der Waals surface area contributed by atoms with Crippen molar-refractivity contribution < 1.29 is 23.9 Å². The number of ether oxygens (including phenoxy) is 2. The highest BCUT2D eigenvalue weighted by molar-refractivity contribution is 6.30. The minimum Gasteiger partial charge on any atom is -0.461 e. The summed E-state index contributed by atoms with van der Waals surface area (Å²) in [5.74, 6) is -1.56. The maximum absolute atomic E-state index is 12.5. The van der Waals surface area contributed by atoms with Crippen molar-refractivity contribution in [3.63, 3.8) is 0 Å². The van der Waals surface area contributed by atoms with E-state index in [4.69, 9.17) is 21.1 Å². The molecule has 2 rings (SSSR count). The number of halogens is 1. The first kappa shape index (κ1) is 19.7. The molecule has 138 valence electrons. The lowest BCUT2D eigenvalue weighted by atomic mass is 10.1. The average Bonchev–Trinajstić information content (AvgIpc) is 2.89. The van der Waals surface area contributed by atoms with Crippen molar-refractivity contribution in [2.75, 3.05) is 6.61 Å². The fourth-order valence-electron chi connectivity index (χ4n) is 2.59. The molecule has 1 aromatic carbocycles. The molecule has 0 saturated carbocycles. The summed E-state index contributed by atoms with van der Waals surface area (Å²) >= 11 is 5.81. The Balaban J connectivity index is 2.18. The van der Waals surface area contributed by atoms with Gasteiger partial charge in [-0.25, -0.2) is 9.59 Å². The van der Waals surface area contributed by atoms with Crippen LogP contribution in [0.2, 0.25) is 5.02 Å².